The van der Waals surface area contributed by atoms with Gasteiger partial charge in [0.1, 0.15) is 17.3 Å². The van der Waals surface area contributed by atoms with Crippen LogP contribution in [-0.2, 0) is 9.59 Å². The number of anilines is 1. The SMILES string of the molecule is COc1ccc(/C(O)=C2\C(=O)C(=O)N(c3cc(C)on3)C2c2cccc(Br)c2)cc1. The fraction of sp³-hybridized carbons (Fsp3) is 0.136. The smallest absolute Gasteiger partial charge is 0.301 e. The molecule has 0 saturated carbocycles. The van der Waals surface area contributed by atoms with Gasteiger partial charge in [0.15, 0.2) is 5.82 Å². The highest BCUT2D eigenvalue weighted by atomic mass is 79.9. The first-order chi connectivity index (χ1) is 14.4. The summed E-state index contributed by atoms with van der Waals surface area (Å²) in [6.45, 7) is 1.69. The van der Waals surface area contributed by atoms with Crippen LogP contribution in [0, 0.1) is 6.92 Å². The first kappa shape index (κ1) is 19.9. The van der Waals surface area contributed by atoms with E-state index >= 15 is 0 Å². The third-order valence-corrected chi connectivity index (χ3v) is 5.33. The van der Waals surface area contributed by atoms with Crippen LogP contribution in [0.25, 0.3) is 5.76 Å². The fourth-order valence-electron chi connectivity index (χ4n) is 3.43. The Morgan fingerprint density at radius 2 is 1.90 bits per heavy atom. The lowest BCUT2D eigenvalue weighted by Gasteiger charge is -2.23. The number of aryl methyl sites for hydroxylation is 1. The number of aromatic nitrogens is 1. The van der Waals surface area contributed by atoms with E-state index in [0.717, 1.165) is 4.47 Å². The summed E-state index contributed by atoms with van der Waals surface area (Å²) < 4.78 is 11.0. The van der Waals surface area contributed by atoms with Crippen molar-refractivity contribution in [3.63, 3.8) is 0 Å². The van der Waals surface area contributed by atoms with Crippen molar-refractivity contribution < 1.29 is 24.0 Å². The maximum atomic E-state index is 13.0. The second-order valence-corrected chi connectivity index (χ2v) is 7.66. The van der Waals surface area contributed by atoms with Gasteiger partial charge in [-0.1, -0.05) is 33.2 Å². The molecule has 30 heavy (non-hydrogen) atoms. The number of carbonyl (C=O) groups is 2. The van der Waals surface area contributed by atoms with E-state index in [4.69, 9.17) is 9.26 Å². The standard InChI is InChI=1S/C22H17BrN2O5/c1-12-10-17(24-30-12)25-19(14-4-3-5-15(23)11-14)18(21(27)22(25)28)20(26)13-6-8-16(29-2)9-7-13/h3-11,19,26H,1-2H3/b20-18+. The number of carbonyl (C=O) groups excluding carboxylic acids is 2. The lowest BCUT2D eigenvalue weighted by atomic mass is 9.95. The molecule has 1 saturated heterocycles. The highest BCUT2D eigenvalue weighted by Gasteiger charge is 2.48. The molecule has 2 heterocycles. The number of ketones is 1. The van der Waals surface area contributed by atoms with E-state index in [1.165, 1.54) is 12.0 Å². The van der Waals surface area contributed by atoms with Crippen molar-refractivity contribution in [3.8, 4) is 5.75 Å². The van der Waals surface area contributed by atoms with E-state index < -0.39 is 17.7 Å². The average Bonchev–Trinajstić information content (AvgIpc) is 3.28. The van der Waals surface area contributed by atoms with Crippen molar-refractivity contribution in [2.24, 2.45) is 0 Å². The normalized spacial score (nSPS) is 18.1. The average molecular weight is 469 g/mol. The van der Waals surface area contributed by atoms with Gasteiger partial charge in [0.25, 0.3) is 5.78 Å². The summed E-state index contributed by atoms with van der Waals surface area (Å²) in [5, 5.41) is 14.9. The third kappa shape index (κ3) is 3.39. The Labute approximate surface area is 180 Å². The zero-order valence-corrected chi connectivity index (χ0v) is 17.7. The number of Topliss-reactive ketones (excluding diaryl/α,β-unsaturated/α-hetero) is 1. The minimum atomic E-state index is -0.867. The van der Waals surface area contributed by atoms with Crippen molar-refractivity contribution in [1.82, 2.24) is 5.16 Å². The summed E-state index contributed by atoms with van der Waals surface area (Å²) >= 11 is 3.42. The number of halogens is 1. The van der Waals surface area contributed by atoms with E-state index in [1.807, 2.05) is 6.07 Å². The molecular weight excluding hydrogens is 452 g/mol. The predicted octanol–water partition coefficient (Wildman–Crippen LogP) is 4.38. The van der Waals surface area contributed by atoms with E-state index in [2.05, 4.69) is 21.1 Å². The number of hydrogen-bond acceptors (Lipinski definition) is 6. The summed E-state index contributed by atoms with van der Waals surface area (Å²) in [6, 6.07) is 14.5. The lowest BCUT2D eigenvalue weighted by molar-refractivity contribution is -0.132. The molecule has 1 atom stereocenters. The van der Waals surface area contributed by atoms with Crippen molar-refractivity contribution in [2.75, 3.05) is 12.0 Å². The number of ether oxygens (including phenoxy) is 1. The Morgan fingerprint density at radius 3 is 2.50 bits per heavy atom. The Kier molecular flexibility index (Phi) is 5.17. The van der Waals surface area contributed by atoms with Gasteiger partial charge in [0.05, 0.1) is 18.7 Å². The molecule has 2 aromatic carbocycles. The summed E-state index contributed by atoms with van der Waals surface area (Å²) in [6.07, 6.45) is 0. The highest BCUT2D eigenvalue weighted by molar-refractivity contribution is 9.10. The van der Waals surface area contributed by atoms with Gasteiger partial charge in [-0.25, -0.2) is 0 Å². The molecule has 0 spiro atoms. The topological polar surface area (TPSA) is 92.9 Å². The van der Waals surface area contributed by atoms with Crippen molar-refractivity contribution in [1.29, 1.82) is 0 Å². The molecule has 1 fully saturated rings. The second kappa shape index (κ2) is 7.79. The minimum Gasteiger partial charge on any atom is -0.507 e. The van der Waals surface area contributed by atoms with Crippen molar-refractivity contribution in [3.05, 3.63) is 81.5 Å². The van der Waals surface area contributed by atoms with Gasteiger partial charge < -0.3 is 14.4 Å². The number of aliphatic hydroxyl groups is 1. The fourth-order valence-corrected chi connectivity index (χ4v) is 3.85. The maximum absolute atomic E-state index is 13.0. The molecular formula is C22H17BrN2O5. The summed E-state index contributed by atoms with van der Waals surface area (Å²) in [7, 11) is 1.54. The molecule has 1 unspecified atom stereocenters. The Bertz CT molecular complexity index is 1170. The van der Waals surface area contributed by atoms with Crippen LogP contribution in [0.3, 0.4) is 0 Å². The first-order valence-corrected chi connectivity index (χ1v) is 9.84. The van der Waals surface area contributed by atoms with Gasteiger partial charge in [0.2, 0.25) is 0 Å². The second-order valence-electron chi connectivity index (χ2n) is 6.75. The van der Waals surface area contributed by atoms with Gasteiger partial charge in [0, 0.05) is 16.1 Å². The Balaban J connectivity index is 1.92. The molecule has 8 heteroatoms. The van der Waals surface area contributed by atoms with Crippen molar-refractivity contribution in [2.45, 2.75) is 13.0 Å². The summed E-state index contributed by atoms with van der Waals surface area (Å²) in [4.78, 5) is 27.2. The van der Waals surface area contributed by atoms with Crippen LogP contribution >= 0.6 is 15.9 Å². The van der Waals surface area contributed by atoms with E-state index in [9.17, 15) is 14.7 Å². The van der Waals surface area contributed by atoms with E-state index in [0.29, 0.717) is 22.6 Å². The number of hydrogen-bond donors (Lipinski definition) is 1. The molecule has 152 valence electrons. The Hall–Kier alpha value is -3.39. The van der Waals surface area contributed by atoms with Crippen LogP contribution in [0.5, 0.6) is 5.75 Å². The van der Waals surface area contributed by atoms with Crippen LogP contribution < -0.4 is 9.64 Å². The number of methoxy groups -OCH3 is 1. The molecule has 4 rings (SSSR count). The van der Waals surface area contributed by atoms with Gasteiger partial charge in [-0.2, -0.15) is 0 Å². The molecule has 1 aromatic heterocycles. The van der Waals surface area contributed by atoms with E-state index in [-0.39, 0.29) is 17.2 Å². The van der Waals surface area contributed by atoms with Crippen LogP contribution in [0.1, 0.15) is 22.9 Å². The monoisotopic (exact) mass is 468 g/mol. The molecule has 1 N–H and O–H groups in total. The van der Waals surface area contributed by atoms with Gasteiger partial charge >= 0.3 is 5.91 Å². The number of nitrogens with zero attached hydrogens (tertiary/aromatic N) is 2. The molecule has 1 aliphatic rings. The third-order valence-electron chi connectivity index (χ3n) is 4.83. The van der Waals surface area contributed by atoms with Crippen LogP contribution in [0.15, 0.2) is 69.2 Å². The first-order valence-electron chi connectivity index (χ1n) is 9.05. The molecule has 0 bridgehead atoms. The molecule has 0 radical (unpaired) electrons. The van der Waals surface area contributed by atoms with Crippen LogP contribution in [0.4, 0.5) is 5.82 Å². The molecule has 0 aliphatic carbocycles. The van der Waals surface area contributed by atoms with Crippen molar-refractivity contribution >= 4 is 39.2 Å². The molecule has 7 nitrogen and oxygen atoms in total. The number of rotatable bonds is 4. The molecule has 1 amide bonds. The number of benzene rings is 2. The van der Waals surface area contributed by atoms with Gasteiger partial charge in [-0.15, -0.1) is 0 Å². The zero-order chi connectivity index (χ0) is 21.4. The van der Waals surface area contributed by atoms with Crippen LogP contribution in [-0.4, -0.2) is 29.1 Å². The quantitative estimate of drug-likeness (QED) is 0.347. The van der Waals surface area contributed by atoms with Crippen LogP contribution in [0.2, 0.25) is 0 Å². The highest BCUT2D eigenvalue weighted by Crippen LogP contribution is 2.42. The lowest BCUT2D eigenvalue weighted by Crippen LogP contribution is -2.29. The molecule has 1 aliphatic heterocycles. The summed E-state index contributed by atoms with van der Waals surface area (Å²) in [5.41, 5.74) is 1.01. The van der Waals surface area contributed by atoms with Gasteiger partial charge in [-0.3, -0.25) is 14.5 Å². The van der Waals surface area contributed by atoms with Gasteiger partial charge in [-0.05, 0) is 48.9 Å². The minimum absolute atomic E-state index is 0.0241. The largest absolute Gasteiger partial charge is 0.507 e. The Morgan fingerprint density at radius 1 is 1.17 bits per heavy atom. The maximum Gasteiger partial charge on any atom is 0.301 e. The number of aliphatic hydroxyl groups excluding tert-OH is 1. The zero-order valence-electron chi connectivity index (χ0n) is 16.1. The predicted molar refractivity (Wildman–Crippen MR) is 113 cm³/mol. The number of amides is 1. The summed E-state index contributed by atoms with van der Waals surface area (Å²) in [5.74, 6) is -0.557. The van der Waals surface area contributed by atoms with E-state index in [1.54, 1.807) is 55.5 Å². The molecule has 3 aromatic rings.